The molecule has 0 bridgehead atoms. The summed E-state index contributed by atoms with van der Waals surface area (Å²) in [5, 5.41) is 0. The number of carbonyl (C=O) groups is 1. The number of H-pyrrole nitrogens is 1. The lowest BCUT2D eigenvalue weighted by molar-refractivity contribution is -0.148. The van der Waals surface area contributed by atoms with Crippen molar-refractivity contribution >= 4 is 5.97 Å². The Kier molecular flexibility index (Phi) is 4.16. The Labute approximate surface area is 109 Å². The first-order chi connectivity index (χ1) is 9.10. The molecule has 1 fully saturated rings. The molecule has 1 aliphatic rings. The minimum atomic E-state index is -0.497. The third-order valence-corrected chi connectivity index (χ3v) is 2.97. The van der Waals surface area contributed by atoms with Crippen LogP contribution in [0.4, 0.5) is 0 Å². The summed E-state index contributed by atoms with van der Waals surface area (Å²) in [5.74, 6) is -0.270. The quantitative estimate of drug-likeness (QED) is 0.786. The van der Waals surface area contributed by atoms with Gasteiger partial charge in [0.2, 0.25) is 0 Å². The highest BCUT2D eigenvalue weighted by molar-refractivity contribution is 5.68. The maximum absolute atomic E-state index is 11.6. The van der Waals surface area contributed by atoms with Crippen molar-refractivity contribution < 1.29 is 14.3 Å². The molecule has 1 N–H and O–H groups in total. The van der Waals surface area contributed by atoms with Crippen molar-refractivity contribution in [2.45, 2.75) is 38.5 Å². The third-order valence-electron chi connectivity index (χ3n) is 2.97. The van der Waals surface area contributed by atoms with Crippen LogP contribution in [0.1, 0.15) is 32.4 Å². The largest absolute Gasteiger partial charge is 0.463 e. The topological polar surface area (TPSA) is 90.4 Å². The van der Waals surface area contributed by atoms with E-state index in [9.17, 15) is 14.4 Å². The lowest BCUT2D eigenvalue weighted by Gasteiger charge is -2.15. The SMILES string of the molecule is CCC(=O)OC[C@H]1CC[C@@H](n2ccc(=O)[nH]c2=O)O1. The average molecular weight is 268 g/mol. The molecule has 2 rings (SSSR count). The van der Waals surface area contributed by atoms with Crippen molar-refractivity contribution in [3.8, 4) is 0 Å². The molecule has 104 valence electrons. The molecule has 0 radical (unpaired) electrons. The van der Waals surface area contributed by atoms with Gasteiger partial charge in [-0.1, -0.05) is 6.92 Å². The standard InChI is InChI=1S/C12H16N2O5/c1-2-11(16)18-7-8-3-4-10(19-8)14-6-5-9(15)13-12(14)17/h5-6,8,10H,2-4,7H2,1H3,(H,13,15,17)/t8-,10+/m1/s1. The molecule has 0 saturated carbocycles. The molecule has 1 aromatic heterocycles. The third kappa shape index (κ3) is 3.31. The first-order valence-electron chi connectivity index (χ1n) is 6.22. The van der Waals surface area contributed by atoms with Gasteiger partial charge >= 0.3 is 11.7 Å². The van der Waals surface area contributed by atoms with E-state index in [1.807, 2.05) is 0 Å². The summed E-state index contributed by atoms with van der Waals surface area (Å²) in [5.41, 5.74) is -0.934. The first-order valence-corrected chi connectivity index (χ1v) is 6.22. The van der Waals surface area contributed by atoms with Gasteiger partial charge in [0.1, 0.15) is 12.8 Å². The van der Waals surface area contributed by atoms with Gasteiger partial charge in [0.05, 0.1) is 6.10 Å². The number of aromatic amines is 1. The Morgan fingerprint density at radius 2 is 2.32 bits per heavy atom. The second-order valence-electron chi connectivity index (χ2n) is 4.34. The fraction of sp³-hybridized carbons (Fsp3) is 0.583. The molecule has 7 heteroatoms. The lowest BCUT2D eigenvalue weighted by atomic mass is 10.2. The number of rotatable bonds is 4. The van der Waals surface area contributed by atoms with Crippen molar-refractivity contribution in [3.63, 3.8) is 0 Å². The van der Waals surface area contributed by atoms with Crippen molar-refractivity contribution in [1.29, 1.82) is 0 Å². The van der Waals surface area contributed by atoms with Crippen molar-refractivity contribution in [1.82, 2.24) is 9.55 Å². The van der Waals surface area contributed by atoms with Gasteiger partial charge in [-0.25, -0.2) is 4.79 Å². The summed E-state index contributed by atoms with van der Waals surface area (Å²) in [4.78, 5) is 35.8. The number of aromatic nitrogens is 2. The highest BCUT2D eigenvalue weighted by Crippen LogP contribution is 2.26. The van der Waals surface area contributed by atoms with E-state index in [4.69, 9.17) is 9.47 Å². The maximum atomic E-state index is 11.6. The van der Waals surface area contributed by atoms with Crippen molar-refractivity contribution in [3.05, 3.63) is 33.1 Å². The predicted octanol–water partition coefficient (Wildman–Crippen LogP) is 0.167. The van der Waals surface area contributed by atoms with Crippen LogP contribution in [0.3, 0.4) is 0 Å². The van der Waals surface area contributed by atoms with Gasteiger partial charge in [-0.2, -0.15) is 0 Å². The molecule has 19 heavy (non-hydrogen) atoms. The van der Waals surface area contributed by atoms with E-state index in [1.54, 1.807) is 6.92 Å². The zero-order chi connectivity index (χ0) is 13.8. The molecule has 1 saturated heterocycles. The van der Waals surface area contributed by atoms with Crippen LogP contribution in [0.5, 0.6) is 0 Å². The molecule has 0 spiro atoms. The van der Waals surface area contributed by atoms with Crippen LogP contribution in [-0.2, 0) is 14.3 Å². The van der Waals surface area contributed by atoms with Gasteiger partial charge in [0.25, 0.3) is 5.56 Å². The minimum absolute atomic E-state index is 0.196. The Morgan fingerprint density at radius 1 is 1.53 bits per heavy atom. The Hall–Kier alpha value is -1.89. The Morgan fingerprint density at radius 3 is 3.00 bits per heavy atom. The van der Waals surface area contributed by atoms with Gasteiger partial charge in [0, 0.05) is 18.7 Å². The molecule has 1 aliphatic heterocycles. The normalized spacial score (nSPS) is 22.4. The average Bonchev–Trinajstić information content (AvgIpc) is 2.84. The molecule has 0 aromatic carbocycles. The molecular formula is C12H16N2O5. The number of carbonyl (C=O) groups excluding carboxylic acids is 1. The second kappa shape index (κ2) is 5.83. The number of hydrogen-bond acceptors (Lipinski definition) is 5. The molecule has 2 heterocycles. The van der Waals surface area contributed by atoms with Crippen LogP contribution in [-0.4, -0.2) is 28.2 Å². The summed E-state index contributed by atoms with van der Waals surface area (Å²) in [6.45, 7) is 1.92. The number of nitrogens with zero attached hydrogens (tertiary/aromatic N) is 1. The predicted molar refractivity (Wildman–Crippen MR) is 65.7 cm³/mol. The lowest BCUT2D eigenvalue weighted by Crippen LogP contribution is -2.31. The van der Waals surface area contributed by atoms with E-state index in [-0.39, 0.29) is 18.7 Å². The summed E-state index contributed by atoms with van der Waals surface area (Å²) in [7, 11) is 0. The molecular weight excluding hydrogens is 252 g/mol. The summed E-state index contributed by atoms with van der Waals surface area (Å²) >= 11 is 0. The van der Waals surface area contributed by atoms with Crippen molar-refractivity contribution in [2.24, 2.45) is 0 Å². The Balaban J connectivity index is 1.96. The van der Waals surface area contributed by atoms with Gasteiger partial charge in [-0.15, -0.1) is 0 Å². The first kappa shape index (κ1) is 13.5. The van der Waals surface area contributed by atoms with Crippen LogP contribution in [0.15, 0.2) is 21.9 Å². The molecule has 0 aliphatic carbocycles. The van der Waals surface area contributed by atoms with Crippen LogP contribution in [0, 0.1) is 0 Å². The van der Waals surface area contributed by atoms with Crippen LogP contribution >= 0.6 is 0 Å². The summed E-state index contributed by atoms with van der Waals surface area (Å²) in [6, 6.07) is 1.27. The molecule has 1 aromatic rings. The number of nitrogens with one attached hydrogen (secondary N) is 1. The molecule has 0 unspecified atom stereocenters. The summed E-state index contributed by atoms with van der Waals surface area (Å²) in [6.07, 6.45) is 2.45. The van der Waals surface area contributed by atoms with Gasteiger partial charge in [-0.05, 0) is 12.8 Å². The van der Waals surface area contributed by atoms with Crippen LogP contribution in [0.2, 0.25) is 0 Å². The number of esters is 1. The van der Waals surface area contributed by atoms with Crippen molar-refractivity contribution in [2.75, 3.05) is 6.61 Å². The van der Waals surface area contributed by atoms with E-state index >= 15 is 0 Å². The molecule has 0 amide bonds. The fourth-order valence-electron chi connectivity index (χ4n) is 1.96. The fourth-order valence-corrected chi connectivity index (χ4v) is 1.96. The van der Waals surface area contributed by atoms with E-state index < -0.39 is 17.5 Å². The van der Waals surface area contributed by atoms with Gasteiger partial charge in [0.15, 0.2) is 0 Å². The molecule has 7 nitrogen and oxygen atoms in total. The van der Waals surface area contributed by atoms with Crippen LogP contribution in [0.25, 0.3) is 0 Å². The van der Waals surface area contributed by atoms with E-state index in [0.717, 1.165) is 0 Å². The van der Waals surface area contributed by atoms with Gasteiger partial charge < -0.3 is 9.47 Å². The zero-order valence-corrected chi connectivity index (χ0v) is 10.6. The highest BCUT2D eigenvalue weighted by atomic mass is 16.6. The van der Waals surface area contributed by atoms with E-state index in [1.165, 1.54) is 16.8 Å². The molecule has 2 atom stereocenters. The zero-order valence-electron chi connectivity index (χ0n) is 10.6. The van der Waals surface area contributed by atoms with Crippen LogP contribution < -0.4 is 11.2 Å². The highest BCUT2D eigenvalue weighted by Gasteiger charge is 2.28. The smallest absolute Gasteiger partial charge is 0.330 e. The minimum Gasteiger partial charge on any atom is -0.463 e. The van der Waals surface area contributed by atoms with E-state index in [2.05, 4.69) is 4.98 Å². The Bertz CT molecular complexity index is 562. The number of hydrogen-bond donors (Lipinski definition) is 1. The van der Waals surface area contributed by atoms with Gasteiger partial charge in [-0.3, -0.25) is 19.1 Å². The second-order valence-corrected chi connectivity index (χ2v) is 4.34. The maximum Gasteiger partial charge on any atom is 0.330 e. The monoisotopic (exact) mass is 268 g/mol. The summed E-state index contributed by atoms with van der Waals surface area (Å²) < 4.78 is 12.0. The number of ether oxygens (including phenoxy) is 2. The van der Waals surface area contributed by atoms with E-state index in [0.29, 0.717) is 19.3 Å².